The second-order valence-electron chi connectivity index (χ2n) is 11.1. The van der Waals surface area contributed by atoms with Gasteiger partial charge in [-0.3, -0.25) is 0 Å². The molecule has 2 aromatic carbocycles. The summed E-state index contributed by atoms with van der Waals surface area (Å²) < 4.78 is 2.07. The molecule has 0 saturated carbocycles. The monoisotopic (exact) mass is 514 g/mol. The number of aliphatic hydroxyl groups excluding tert-OH is 2. The van der Waals surface area contributed by atoms with Gasteiger partial charge in [0.15, 0.2) is 13.1 Å². The molecule has 38 heavy (non-hydrogen) atoms. The van der Waals surface area contributed by atoms with E-state index in [0.29, 0.717) is 13.1 Å². The Balaban J connectivity index is 1.80. The number of fused-ring (bicyclic) bond motifs is 2. The molecular weight excluding hydrogens is 470 g/mol. The standard InChI is InChI=1S/C33H44N3O2/c1-7-35-28-17-11-9-15-26(28)32(3,4)30(35)19-13-14-25(34(20-22-37)21-23-38)24-31-33(5,6)27-16-10-12-18-29(27)36(31)8-2/h9-19,24,37-38H,7-8,20-23H2,1-6H3/q+1. The average Bonchev–Trinajstić information content (AvgIpc) is 3.26. The van der Waals surface area contributed by atoms with Crippen LogP contribution in [-0.2, 0) is 10.8 Å². The van der Waals surface area contributed by atoms with Crippen LogP contribution in [-0.4, -0.2) is 59.9 Å². The van der Waals surface area contributed by atoms with Crippen LogP contribution in [0.25, 0.3) is 0 Å². The van der Waals surface area contributed by atoms with Crippen LogP contribution in [0.5, 0.6) is 0 Å². The van der Waals surface area contributed by atoms with Crippen LogP contribution >= 0.6 is 0 Å². The maximum absolute atomic E-state index is 9.84. The minimum Gasteiger partial charge on any atom is -0.390 e. The molecule has 2 N–H and O–H groups in total. The van der Waals surface area contributed by atoms with Gasteiger partial charge in [0, 0.05) is 58.8 Å². The highest BCUT2D eigenvalue weighted by molar-refractivity contribution is 6.02. The van der Waals surface area contributed by atoms with Gasteiger partial charge in [-0.05, 0) is 43.2 Å². The zero-order valence-corrected chi connectivity index (χ0v) is 23.9. The van der Waals surface area contributed by atoms with Crippen molar-refractivity contribution in [3.05, 3.63) is 95.4 Å². The number of para-hydroxylation sites is 2. The summed E-state index contributed by atoms with van der Waals surface area (Å²) in [6.45, 7) is 16.2. The molecular formula is C33H44N3O2+. The van der Waals surface area contributed by atoms with Gasteiger partial charge in [-0.25, -0.2) is 4.58 Å². The summed E-state index contributed by atoms with van der Waals surface area (Å²) in [5.41, 5.74) is 8.39. The maximum atomic E-state index is 9.84. The molecule has 0 spiro atoms. The molecule has 0 bridgehead atoms. The van der Waals surface area contributed by atoms with E-state index in [4.69, 9.17) is 0 Å². The molecule has 0 radical (unpaired) electrons. The summed E-state index contributed by atoms with van der Waals surface area (Å²) in [6, 6.07) is 17.3. The number of rotatable bonds is 9. The number of hydrogen-bond acceptors (Lipinski definition) is 4. The maximum Gasteiger partial charge on any atom is 0.201 e. The van der Waals surface area contributed by atoms with Crippen molar-refractivity contribution in [1.82, 2.24) is 0 Å². The Hall–Kier alpha value is -3.15. The Bertz CT molecular complexity index is 1270. The van der Waals surface area contributed by atoms with Gasteiger partial charge in [-0.2, -0.15) is 0 Å². The third-order valence-corrected chi connectivity index (χ3v) is 8.14. The van der Waals surface area contributed by atoms with Crippen molar-refractivity contribution >= 4 is 17.1 Å². The lowest BCUT2D eigenvalue weighted by Gasteiger charge is -2.26. The fourth-order valence-electron chi connectivity index (χ4n) is 6.16. The quantitative estimate of drug-likeness (QED) is 0.348. The summed E-state index contributed by atoms with van der Waals surface area (Å²) >= 11 is 0. The van der Waals surface area contributed by atoms with E-state index in [1.165, 1.54) is 33.9 Å². The number of likely N-dealkylation sites (N-methyl/N-ethyl adjacent to an activating group) is 2. The first-order chi connectivity index (χ1) is 18.2. The van der Waals surface area contributed by atoms with Gasteiger partial charge in [0.05, 0.1) is 0 Å². The molecule has 2 aliphatic rings. The molecule has 0 amide bonds. The Labute approximate surface area is 228 Å². The number of aliphatic hydroxyl groups is 2. The minimum absolute atomic E-state index is 0.0225. The molecule has 0 aliphatic carbocycles. The van der Waals surface area contributed by atoms with E-state index >= 15 is 0 Å². The summed E-state index contributed by atoms with van der Waals surface area (Å²) in [4.78, 5) is 4.78. The Morgan fingerprint density at radius 1 is 0.763 bits per heavy atom. The fourth-order valence-corrected chi connectivity index (χ4v) is 6.16. The number of nitrogens with zero attached hydrogens (tertiary/aromatic N) is 3. The van der Waals surface area contributed by atoms with Crippen LogP contribution in [0.1, 0.15) is 52.7 Å². The van der Waals surface area contributed by atoms with Crippen molar-refractivity contribution < 1.29 is 14.8 Å². The van der Waals surface area contributed by atoms with Crippen molar-refractivity contribution in [2.45, 2.75) is 52.4 Å². The van der Waals surface area contributed by atoms with Crippen molar-refractivity contribution in [2.24, 2.45) is 0 Å². The van der Waals surface area contributed by atoms with Crippen LogP contribution in [0.3, 0.4) is 0 Å². The van der Waals surface area contributed by atoms with Gasteiger partial charge in [0.2, 0.25) is 5.71 Å². The number of allylic oxidation sites excluding steroid dienone is 6. The summed E-state index contributed by atoms with van der Waals surface area (Å²) in [5, 5.41) is 19.7. The van der Waals surface area contributed by atoms with Crippen LogP contribution in [0.2, 0.25) is 0 Å². The SMILES string of the molecule is CCN1C(=CC(/C=C/C=C2/N(CC)c3ccccc3C2(C)C)=[N+](CCO)CCO)C(C)(C)c2ccccc21. The lowest BCUT2D eigenvalue weighted by molar-refractivity contribution is -0.530. The van der Waals surface area contributed by atoms with Crippen LogP contribution < -0.4 is 9.80 Å². The predicted octanol–water partition coefficient (Wildman–Crippen LogP) is 5.38. The molecule has 0 atom stereocenters. The largest absolute Gasteiger partial charge is 0.390 e. The minimum atomic E-state index is -0.164. The topological polar surface area (TPSA) is 50.0 Å². The third-order valence-electron chi connectivity index (χ3n) is 8.14. The van der Waals surface area contributed by atoms with Crippen molar-refractivity contribution in [1.29, 1.82) is 0 Å². The van der Waals surface area contributed by atoms with Gasteiger partial charge in [-0.1, -0.05) is 70.2 Å². The van der Waals surface area contributed by atoms with Crippen molar-refractivity contribution in [3.63, 3.8) is 0 Å². The number of hydrogen-bond donors (Lipinski definition) is 2. The van der Waals surface area contributed by atoms with E-state index in [1.54, 1.807) is 0 Å². The van der Waals surface area contributed by atoms with Crippen molar-refractivity contribution in [2.75, 3.05) is 49.2 Å². The van der Waals surface area contributed by atoms with Gasteiger partial charge < -0.3 is 20.0 Å². The lowest BCUT2D eigenvalue weighted by Crippen LogP contribution is -2.30. The molecule has 202 valence electrons. The second kappa shape index (κ2) is 11.3. The zero-order valence-electron chi connectivity index (χ0n) is 23.9. The van der Waals surface area contributed by atoms with Crippen LogP contribution in [0.4, 0.5) is 11.4 Å². The fraction of sp³-hybridized carbons (Fsp3) is 0.424. The molecule has 0 aromatic heterocycles. The molecule has 2 aromatic rings. The van der Waals surface area contributed by atoms with E-state index in [0.717, 1.165) is 18.8 Å². The average molecular weight is 515 g/mol. The summed E-state index contributed by atoms with van der Waals surface area (Å²) in [5.74, 6) is 0. The highest BCUT2D eigenvalue weighted by Crippen LogP contribution is 2.48. The Morgan fingerprint density at radius 3 is 1.74 bits per heavy atom. The van der Waals surface area contributed by atoms with Crippen molar-refractivity contribution in [3.8, 4) is 0 Å². The summed E-state index contributed by atoms with van der Waals surface area (Å²) in [7, 11) is 0. The smallest absolute Gasteiger partial charge is 0.201 e. The number of anilines is 2. The van der Waals surface area contributed by atoms with Crippen LogP contribution in [0, 0.1) is 0 Å². The highest BCUT2D eigenvalue weighted by atomic mass is 16.3. The molecule has 2 aliphatic heterocycles. The first-order valence-corrected chi connectivity index (χ1v) is 13.9. The van der Waals surface area contributed by atoms with E-state index in [1.807, 2.05) is 0 Å². The zero-order chi connectivity index (χ0) is 27.5. The van der Waals surface area contributed by atoms with E-state index < -0.39 is 0 Å². The lowest BCUT2D eigenvalue weighted by atomic mass is 9.83. The first kappa shape index (κ1) is 27.9. The van der Waals surface area contributed by atoms with E-state index in [-0.39, 0.29) is 24.0 Å². The van der Waals surface area contributed by atoms with Gasteiger partial charge in [0.25, 0.3) is 0 Å². The number of benzene rings is 2. The molecule has 0 unspecified atom stereocenters. The summed E-state index contributed by atoms with van der Waals surface area (Å²) in [6.07, 6.45) is 8.73. The third kappa shape index (κ3) is 4.85. The van der Waals surface area contributed by atoms with E-state index in [9.17, 15) is 10.2 Å². The molecule has 2 heterocycles. The van der Waals surface area contributed by atoms with Gasteiger partial charge in [-0.15, -0.1) is 0 Å². The molecule has 0 fully saturated rings. The van der Waals surface area contributed by atoms with Crippen LogP contribution in [0.15, 0.2) is 84.2 Å². The molecule has 5 heteroatoms. The van der Waals surface area contributed by atoms with Gasteiger partial charge in [0.1, 0.15) is 13.2 Å². The normalized spacial score (nSPS) is 19.5. The Morgan fingerprint density at radius 2 is 1.24 bits per heavy atom. The van der Waals surface area contributed by atoms with E-state index in [2.05, 4.69) is 129 Å². The molecule has 4 rings (SSSR count). The predicted molar refractivity (Wildman–Crippen MR) is 159 cm³/mol. The second-order valence-corrected chi connectivity index (χ2v) is 11.1. The first-order valence-electron chi connectivity index (χ1n) is 13.9. The van der Waals surface area contributed by atoms with Gasteiger partial charge >= 0.3 is 0 Å². The molecule has 5 nitrogen and oxygen atoms in total. The highest BCUT2D eigenvalue weighted by Gasteiger charge is 2.40. The Kier molecular flexibility index (Phi) is 8.29. The molecule has 0 saturated heterocycles.